The normalized spacial score (nSPS) is 11.3. The van der Waals surface area contributed by atoms with Gasteiger partial charge in [-0.15, -0.1) is 10.2 Å². The lowest BCUT2D eigenvalue weighted by Crippen LogP contribution is -2.27. The molecular formula is C26H29N9. The van der Waals surface area contributed by atoms with Crippen LogP contribution in [0, 0.1) is 0 Å². The molecule has 0 bridgehead atoms. The van der Waals surface area contributed by atoms with Crippen LogP contribution in [0.5, 0.6) is 0 Å². The van der Waals surface area contributed by atoms with Crippen molar-refractivity contribution in [3.63, 3.8) is 0 Å². The molecule has 0 aliphatic heterocycles. The van der Waals surface area contributed by atoms with E-state index < -0.39 is 0 Å². The third kappa shape index (κ3) is 4.37. The van der Waals surface area contributed by atoms with Crippen molar-refractivity contribution >= 4 is 11.6 Å². The number of aryl methyl sites for hydroxylation is 1. The van der Waals surface area contributed by atoms with Crippen LogP contribution in [-0.4, -0.2) is 53.3 Å². The number of tetrazole rings is 1. The maximum absolute atomic E-state index is 4.88. The molecule has 3 aromatic heterocycles. The first-order valence-electron chi connectivity index (χ1n) is 12.1. The number of aromatic nitrogens is 8. The van der Waals surface area contributed by atoms with E-state index in [0.29, 0.717) is 11.6 Å². The molecule has 5 aromatic rings. The first-order chi connectivity index (χ1) is 17.2. The second kappa shape index (κ2) is 10.0. The number of hydrogen-bond acceptors (Lipinski definition) is 7. The van der Waals surface area contributed by atoms with Crippen LogP contribution in [0.15, 0.2) is 54.9 Å². The molecule has 5 rings (SSSR count). The second-order valence-electron chi connectivity index (χ2n) is 8.41. The highest BCUT2D eigenvalue weighted by Crippen LogP contribution is 2.31. The molecule has 178 valence electrons. The van der Waals surface area contributed by atoms with Gasteiger partial charge in [-0.2, -0.15) is 19.8 Å². The molecule has 0 unspecified atom stereocenters. The predicted molar refractivity (Wildman–Crippen MR) is 136 cm³/mol. The Morgan fingerprint density at radius 3 is 2.40 bits per heavy atom. The van der Waals surface area contributed by atoms with Crippen molar-refractivity contribution in [3.8, 4) is 22.5 Å². The number of benzene rings is 2. The minimum Gasteiger partial charge on any atom is -0.357 e. The lowest BCUT2D eigenvalue weighted by molar-refractivity contribution is 0.767. The molecule has 0 amide bonds. The van der Waals surface area contributed by atoms with Crippen LogP contribution in [-0.2, 0) is 12.8 Å². The average Bonchev–Trinajstić information content (AvgIpc) is 3.59. The monoisotopic (exact) mass is 467 g/mol. The van der Waals surface area contributed by atoms with Crippen LogP contribution in [0.4, 0.5) is 5.82 Å². The maximum Gasteiger partial charge on any atom is 0.254 e. The zero-order valence-corrected chi connectivity index (χ0v) is 20.3. The van der Waals surface area contributed by atoms with Gasteiger partial charge in [-0.1, -0.05) is 61.9 Å². The summed E-state index contributed by atoms with van der Waals surface area (Å²) in [6.45, 7) is 8.31. The number of rotatable bonds is 9. The van der Waals surface area contributed by atoms with Crippen molar-refractivity contribution in [1.82, 2.24) is 40.2 Å². The Labute approximate surface area is 204 Å². The van der Waals surface area contributed by atoms with Crippen LogP contribution in [0.3, 0.4) is 0 Å². The highest BCUT2D eigenvalue weighted by atomic mass is 15.5. The number of hydrogen-bond donors (Lipinski definition) is 1. The van der Waals surface area contributed by atoms with Crippen LogP contribution >= 0.6 is 0 Å². The lowest BCUT2D eigenvalue weighted by atomic mass is 9.96. The first-order valence-corrected chi connectivity index (χ1v) is 12.1. The van der Waals surface area contributed by atoms with Gasteiger partial charge in [0.25, 0.3) is 5.78 Å². The number of anilines is 1. The van der Waals surface area contributed by atoms with Gasteiger partial charge in [0.05, 0.1) is 5.69 Å². The zero-order chi connectivity index (χ0) is 24.2. The maximum atomic E-state index is 4.88. The summed E-state index contributed by atoms with van der Waals surface area (Å²) in [5, 5.41) is 19.1. The van der Waals surface area contributed by atoms with Crippen molar-refractivity contribution in [2.45, 2.75) is 40.0 Å². The molecule has 9 heteroatoms. The van der Waals surface area contributed by atoms with E-state index >= 15 is 0 Å². The molecule has 0 fully saturated rings. The van der Waals surface area contributed by atoms with Gasteiger partial charge in [0, 0.05) is 30.6 Å². The molecule has 1 N–H and O–H groups in total. The SMILES string of the molecule is CCCc1nc2ncnn2c(N(CC)CC)c1Cc1ccc(-c2ccccc2-c2nn[nH]n2)cc1. The third-order valence-corrected chi connectivity index (χ3v) is 6.29. The number of aromatic amines is 1. The van der Waals surface area contributed by atoms with E-state index in [1.807, 2.05) is 22.7 Å². The number of H-pyrrole nitrogens is 1. The predicted octanol–water partition coefficient (Wildman–Crippen LogP) is 4.36. The standard InChI is InChI=1S/C26H29N9/c1-4-9-23-22(25(34(5-2)6-3)35-26(29-23)27-17-28-35)16-18-12-14-19(15-13-18)20-10-7-8-11-21(20)24-30-32-33-31-24/h7-8,10-15,17H,4-6,9,16H2,1-3H3,(H,30,31,32,33). The van der Waals surface area contributed by atoms with E-state index in [9.17, 15) is 0 Å². The van der Waals surface area contributed by atoms with Crippen molar-refractivity contribution in [1.29, 1.82) is 0 Å². The molecule has 0 saturated heterocycles. The zero-order valence-electron chi connectivity index (χ0n) is 20.3. The minimum absolute atomic E-state index is 0.588. The topological polar surface area (TPSA) is 101 Å². The van der Waals surface area contributed by atoms with Crippen LogP contribution in [0.1, 0.15) is 44.0 Å². The summed E-state index contributed by atoms with van der Waals surface area (Å²) in [7, 11) is 0. The molecule has 0 aliphatic rings. The smallest absolute Gasteiger partial charge is 0.254 e. The minimum atomic E-state index is 0.588. The summed E-state index contributed by atoms with van der Waals surface area (Å²) in [5.74, 6) is 2.34. The molecule has 35 heavy (non-hydrogen) atoms. The molecule has 0 atom stereocenters. The summed E-state index contributed by atoms with van der Waals surface area (Å²) < 4.78 is 1.89. The fraction of sp³-hybridized carbons (Fsp3) is 0.308. The molecular weight excluding hydrogens is 438 g/mol. The fourth-order valence-corrected chi connectivity index (χ4v) is 4.59. The van der Waals surface area contributed by atoms with Gasteiger partial charge >= 0.3 is 0 Å². The quantitative estimate of drug-likeness (QED) is 0.344. The summed E-state index contributed by atoms with van der Waals surface area (Å²) in [4.78, 5) is 11.6. The van der Waals surface area contributed by atoms with E-state index in [4.69, 9.17) is 4.98 Å². The van der Waals surface area contributed by atoms with Gasteiger partial charge in [0.2, 0.25) is 5.82 Å². The van der Waals surface area contributed by atoms with Crippen molar-refractivity contribution in [2.75, 3.05) is 18.0 Å². The third-order valence-electron chi connectivity index (χ3n) is 6.29. The fourth-order valence-electron chi connectivity index (χ4n) is 4.59. The van der Waals surface area contributed by atoms with Crippen molar-refractivity contribution in [2.24, 2.45) is 0 Å². The highest BCUT2D eigenvalue weighted by Gasteiger charge is 2.20. The largest absolute Gasteiger partial charge is 0.357 e. The van der Waals surface area contributed by atoms with E-state index in [-0.39, 0.29) is 0 Å². The Morgan fingerprint density at radius 2 is 1.71 bits per heavy atom. The average molecular weight is 468 g/mol. The van der Waals surface area contributed by atoms with E-state index in [2.05, 4.69) is 86.7 Å². The van der Waals surface area contributed by atoms with Gasteiger partial charge < -0.3 is 4.90 Å². The lowest BCUT2D eigenvalue weighted by Gasteiger charge is -2.26. The summed E-state index contributed by atoms with van der Waals surface area (Å²) in [6, 6.07) is 16.8. The van der Waals surface area contributed by atoms with E-state index in [1.165, 1.54) is 11.1 Å². The molecule has 0 saturated carbocycles. The van der Waals surface area contributed by atoms with Crippen LogP contribution in [0.2, 0.25) is 0 Å². The second-order valence-corrected chi connectivity index (χ2v) is 8.41. The Bertz CT molecular complexity index is 1400. The Kier molecular flexibility index (Phi) is 6.47. The Morgan fingerprint density at radius 1 is 0.943 bits per heavy atom. The van der Waals surface area contributed by atoms with Gasteiger partial charge in [-0.25, -0.2) is 4.98 Å². The van der Waals surface area contributed by atoms with Crippen molar-refractivity contribution < 1.29 is 0 Å². The Hall–Kier alpha value is -4.14. The molecule has 2 aromatic carbocycles. The number of nitrogens with one attached hydrogen (secondary N) is 1. The number of fused-ring (bicyclic) bond motifs is 1. The highest BCUT2D eigenvalue weighted by molar-refractivity contribution is 5.80. The molecule has 0 radical (unpaired) electrons. The van der Waals surface area contributed by atoms with Crippen molar-refractivity contribution in [3.05, 3.63) is 71.7 Å². The van der Waals surface area contributed by atoms with Gasteiger partial charge in [0.15, 0.2) is 0 Å². The summed E-state index contributed by atoms with van der Waals surface area (Å²) in [6.07, 6.45) is 4.29. The summed E-state index contributed by atoms with van der Waals surface area (Å²) >= 11 is 0. The van der Waals surface area contributed by atoms with E-state index in [0.717, 1.165) is 60.6 Å². The molecule has 0 spiro atoms. The summed E-state index contributed by atoms with van der Waals surface area (Å²) in [5.41, 5.74) is 6.66. The van der Waals surface area contributed by atoms with E-state index in [1.54, 1.807) is 6.33 Å². The van der Waals surface area contributed by atoms with Crippen LogP contribution < -0.4 is 4.90 Å². The van der Waals surface area contributed by atoms with Gasteiger partial charge in [0.1, 0.15) is 12.1 Å². The van der Waals surface area contributed by atoms with Crippen LogP contribution in [0.25, 0.3) is 28.3 Å². The molecule has 0 aliphatic carbocycles. The molecule has 3 heterocycles. The van der Waals surface area contributed by atoms with Gasteiger partial charge in [-0.3, -0.25) is 0 Å². The number of nitrogens with zero attached hydrogens (tertiary/aromatic N) is 8. The molecule has 9 nitrogen and oxygen atoms in total. The Balaban J connectivity index is 1.54. The van der Waals surface area contributed by atoms with Gasteiger partial charge in [-0.05, 0) is 42.2 Å². The first kappa shape index (κ1) is 22.6.